The number of ether oxygens (including phenoxy) is 2. The van der Waals surface area contributed by atoms with Crippen molar-refractivity contribution in [1.82, 2.24) is 9.71 Å². The molecule has 5 rings (SSSR count). The van der Waals surface area contributed by atoms with Crippen molar-refractivity contribution in [3.8, 4) is 0 Å². The van der Waals surface area contributed by atoms with Crippen LogP contribution in [0.25, 0.3) is 0 Å². The van der Waals surface area contributed by atoms with Gasteiger partial charge in [-0.3, -0.25) is 0 Å². The second-order valence-corrected chi connectivity index (χ2v) is 12.3. The first-order valence-corrected chi connectivity index (χ1v) is 14.5. The van der Waals surface area contributed by atoms with Crippen LogP contribution < -0.4 is 9.62 Å². The van der Waals surface area contributed by atoms with Crippen molar-refractivity contribution in [3.63, 3.8) is 0 Å². The minimum atomic E-state index is -3.85. The summed E-state index contributed by atoms with van der Waals surface area (Å²) in [5.41, 5.74) is 1.41. The Kier molecular flexibility index (Phi) is 7.65. The van der Waals surface area contributed by atoms with Crippen LogP contribution in [0.1, 0.15) is 43.2 Å². The molecular formula is C27H37N3O5S. The molecule has 8 nitrogen and oxygen atoms in total. The molecular weight excluding hydrogens is 478 g/mol. The van der Waals surface area contributed by atoms with Gasteiger partial charge in [0, 0.05) is 37.9 Å². The van der Waals surface area contributed by atoms with E-state index in [4.69, 9.17) is 9.47 Å². The molecule has 1 aromatic carbocycles. The third-order valence-corrected chi connectivity index (χ3v) is 9.26. The SMILES string of the molecule is Cc1cnc(N2[C@@H]3CC[C@H]2CC(Cc2ccccc2)C3)c(S(=O)(=O)NCC2(OCCO)CCOC2)c1. The van der Waals surface area contributed by atoms with Gasteiger partial charge >= 0.3 is 0 Å². The van der Waals surface area contributed by atoms with E-state index in [1.54, 1.807) is 12.3 Å². The van der Waals surface area contributed by atoms with Gasteiger partial charge in [0.1, 0.15) is 16.3 Å². The zero-order chi connectivity index (χ0) is 25.2. The lowest BCUT2D eigenvalue weighted by atomic mass is 9.86. The van der Waals surface area contributed by atoms with Crippen LogP contribution in [0.15, 0.2) is 47.5 Å². The summed E-state index contributed by atoms with van der Waals surface area (Å²) in [5, 5.41) is 9.20. The molecule has 2 unspecified atom stereocenters. The van der Waals surface area contributed by atoms with E-state index in [1.165, 1.54) is 5.56 Å². The highest BCUT2D eigenvalue weighted by Gasteiger charge is 2.44. The van der Waals surface area contributed by atoms with E-state index in [9.17, 15) is 13.5 Å². The summed E-state index contributed by atoms with van der Waals surface area (Å²) >= 11 is 0. The van der Waals surface area contributed by atoms with Crippen molar-refractivity contribution < 1.29 is 23.0 Å². The Morgan fingerprint density at radius 1 is 1.22 bits per heavy atom. The summed E-state index contributed by atoms with van der Waals surface area (Å²) in [6, 6.07) is 12.9. The highest BCUT2D eigenvalue weighted by atomic mass is 32.2. The smallest absolute Gasteiger partial charge is 0.244 e. The number of aryl methyl sites for hydroxylation is 1. The molecule has 36 heavy (non-hydrogen) atoms. The van der Waals surface area contributed by atoms with Gasteiger partial charge in [0.05, 0.1) is 19.8 Å². The molecule has 9 heteroatoms. The summed E-state index contributed by atoms with van der Waals surface area (Å²) < 4.78 is 41.4. The molecule has 0 amide bonds. The van der Waals surface area contributed by atoms with E-state index < -0.39 is 15.6 Å². The van der Waals surface area contributed by atoms with Crippen LogP contribution in [0.4, 0.5) is 5.82 Å². The summed E-state index contributed by atoms with van der Waals surface area (Å²) in [6.45, 7) is 2.79. The fourth-order valence-corrected chi connectivity index (χ4v) is 7.48. The molecule has 2 aromatic rings. The topological polar surface area (TPSA) is 101 Å². The second kappa shape index (κ2) is 10.8. The van der Waals surface area contributed by atoms with Crippen LogP contribution in [0.3, 0.4) is 0 Å². The van der Waals surface area contributed by atoms with Crippen molar-refractivity contribution >= 4 is 15.8 Å². The number of anilines is 1. The minimum absolute atomic E-state index is 0.0920. The molecule has 0 spiro atoms. The number of nitrogens with zero attached hydrogens (tertiary/aromatic N) is 2. The molecule has 0 aliphatic carbocycles. The van der Waals surface area contributed by atoms with Crippen LogP contribution in [-0.4, -0.2) is 69.2 Å². The van der Waals surface area contributed by atoms with Crippen molar-refractivity contribution in [2.75, 3.05) is 37.9 Å². The van der Waals surface area contributed by atoms with Gasteiger partial charge in [0.25, 0.3) is 0 Å². The maximum Gasteiger partial charge on any atom is 0.244 e. The number of nitrogens with one attached hydrogen (secondary N) is 1. The number of hydrogen-bond acceptors (Lipinski definition) is 7. The van der Waals surface area contributed by atoms with Gasteiger partial charge in [-0.05, 0) is 62.1 Å². The van der Waals surface area contributed by atoms with Crippen molar-refractivity contribution in [2.45, 2.75) is 68.0 Å². The van der Waals surface area contributed by atoms with Crippen LogP contribution in [-0.2, 0) is 25.9 Å². The predicted octanol–water partition coefficient (Wildman–Crippen LogP) is 2.83. The van der Waals surface area contributed by atoms with Crippen molar-refractivity contribution in [3.05, 3.63) is 53.7 Å². The van der Waals surface area contributed by atoms with Crippen LogP contribution >= 0.6 is 0 Å². The number of sulfonamides is 1. The Bertz CT molecular complexity index is 1120. The fraction of sp³-hybridized carbons (Fsp3) is 0.593. The maximum absolute atomic E-state index is 13.6. The summed E-state index contributed by atoms with van der Waals surface area (Å²) in [4.78, 5) is 7.20. The van der Waals surface area contributed by atoms with Crippen LogP contribution in [0.2, 0.25) is 0 Å². The standard InChI is InChI=1S/C27H37N3O5S/c1-20-13-25(36(32,33)29-18-27(35-12-10-31)9-11-34-19-27)26(28-17-20)30-23-7-8-24(30)16-22(15-23)14-21-5-3-2-4-6-21/h2-6,13,17,22-24,29,31H,7-12,14-16,18-19H2,1H3/t22?,23-,24+,27?. The number of aliphatic hydroxyl groups is 1. The van der Waals surface area contributed by atoms with E-state index in [1.807, 2.05) is 6.92 Å². The van der Waals surface area contributed by atoms with E-state index in [-0.39, 0.29) is 24.7 Å². The number of aliphatic hydroxyl groups excluding tert-OH is 1. The molecule has 2 N–H and O–H groups in total. The number of fused-ring (bicyclic) bond motifs is 2. The number of benzene rings is 1. The number of rotatable bonds is 10. The molecule has 0 radical (unpaired) electrons. The van der Waals surface area contributed by atoms with Crippen LogP contribution in [0.5, 0.6) is 0 Å². The molecule has 3 aliphatic heterocycles. The van der Waals surface area contributed by atoms with Gasteiger partial charge in [-0.1, -0.05) is 30.3 Å². The highest BCUT2D eigenvalue weighted by Crippen LogP contribution is 2.43. The highest BCUT2D eigenvalue weighted by molar-refractivity contribution is 7.89. The third-order valence-electron chi connectivity index (χ3n) is 7.85. The Morgan fingerprint density at radius 3 is 2.64 bits per heavy atom. The zero-order valence-corrected chi connectivity index (χ0v) is 21.8. The van der Waals surface area contributed by atoms with Gasteiger partial charge < -0.3 is 19.5 Å². The quantitative estimate of drug-likeness (QED) is 0.502. The number of hydrogen-bond donors (Lipinski definition) is 2. The molecule has 4 atom stereocenters. The summed E-state index contributed by atoms with van der Waals surface area (Å²) in [5.74, 6) is 1.16. The second-order valence-electron chi connectivity index (χ2n) is 10.5. The van der Waals surface area contributed by atoms with Gasteiger partial charge in [-0.2, -0.15) is 0 Å². The average Bonchev–Trinajstić information content (AvgIpc) is 3.45. The lowest BCUT2D eigenvalue weighted by Gasteiger charge is -2.40. The normalized spacial score (nSPS) is 28.1. The lowest BCUT2D eigenvalue weighted by molar-refractivity contribution is -0.0566. The largest absolute Gasteiger partial charge is 0.394 e. The van der Waals surface area contributed by atoms with Gasteiger partial charge in [-0.25, -0.2) is 18.1 Å². The molecule has 1 aromatic heterocycles. The molecule has 3 fully saturated rings. The van der Waals surface area contributed by atoms with Gasteiger partial charge in [0.15, 0.2) is 0 Å². The lowest BCUT2D eigenvalue weighted by Crippen LogP contribution is -2.47. The van der Waals surface area contributed by atoms with Crippen molar-refractivity contribution in [1.29, 1.82) is 0 Å². The number of piperidine rings is 1. The number of aromatic nitrogens is 1. The third kappa shape index (κ3) is 5.45. The first-order chi connectivity index (χ1) is 17.4. The molecule has 4 heterocycles. The molecule has 0 saturated carbocycles. The summed E-state index contributed by atoms with van der Waals surface area (Å²) in [6.07, 6.45) is 7.62. The van der Waals surface area contributed by atoms with E-state index in [2.05, 4.69) is 44.9 Å². The Labute approximate surface area is 214 Å². The van der Waals surface area contributed by atoms with Gasteiger partial charge in [-0.15, -0.1) is 0 Å². The predicted molar refractivity (Wildman–Crippen MR) is 138 cm³/mol. The Morgan fingerprint density at radius 2 is 1.97 bits per heavy atom. The summed E-state index contributed by atoms with van der Waals surface area (Å²) in [7, 11) is -3.85. The minimum Gasteiger partial charge on any atom is -0.394 e. The Hall–Kier alpha value is -2.04. The monoisotopic (exact) mass is 515 g/mol. The molecule has 2 bridgehead atoms. The first-order valence-electron chi connectivity index (χ1n) is 13.0. The molecule has 196 valence electrons. The van der Waals surface area contributed by atoms with E-state index in [0.29, 0.717) is 43.5 Å². The molecule has 3 aliphatic rings. The first kappa shape index (κ1) is 25.6. The average molecular weight is 516 g/mol. The number of pyridine rings is 1. The van der Waals surface area contributed by atoms with E-state index >= 15 is 0 Å². The molecule has 3 saturated heterocycles. The van der Waals surface area contributed by atoms with Crippen LogP contribution in [0, 0.1) is 12.8 Å². The zero-order valence-electron chi connectivity index (χ0n) is 20.9. The Balaban J connectivity index is 1.35. The maximum atomic E-state index is 13.6. The van der Waals surface area contributed by atoms with E-state index in [0.717, 1.165) is 37.7 Å². The van der Waals surface area contributed by atoms with Crippen molar-refractivity contribution in [2.24, 2.45) is 5.92 Å². The van der Waals surface area contributed by atoms with Gasteiger partial charge in [0.2, 0.25) is 10.0 Å². The fourth-order valence-electron chi connectivity index (χ4n) is 6.14.